The number of hydrogen-bond donors (Lipinski definition) is 4. The maximum atomic E-state index is 11.6. The number of nitrogens with one attached hydrogen (secondary N) is 1. The Labute approximate surface area is 139 Å². The molecule has 0 radical (unpaired) electrons. The quantitative estimate of drug-likeness (QED) is 0.461. The minimum Gasteiger partial charge on any atom is -0.382 e. The predicted molar refractivity (Wildman–Crippen MR) is 92.5 cm³/mol. The lowest BCUT2D eigenvalue weighted by atomic mass is 10.1. The van der Waals surface area contributed by atoms with E-state index in [-0.39, 0.29) is 29.9 Å². The molecule has 0 aliphatic rings. The van der Waals surface area contributed by atoms with Crippen molar-refractivity contribution in [3.05, 3.63) is 47.8 Å². The van der Waals surface area contributed by atoms with Gasteiger partial charge in [0, 0.05) is 6.54 Å². The fourth-order valence-electron chi connectivity index (χ4n) is 1.80. The van der Waals surface area contributed by atoms with Crippen LogP contribution in [-0.4, -0.2) is 28.4 Å². The molecule has 9 heteroatoms. The molecule has 0 unspecified atom stereocenters. The molecule has 0 bridgehead atoms. The van der Waals surface area contributed by atoms with Crippen LogP contribution in [0.15, 0.2) is 41.5 Å². The van der Waals surface area contributed by atoms with Gasteiger partial charge in [0.2, 0.25) is 0 Å². The van der Waals surface area contributed by atoms with Gasteiger partial charge in [-0.3, -0.25) is 4.79 Å². The second-order valence-corrected chi connectivity index (χ2v) is 4.49. The number of nitrogen functional groups attached to an aromatic ring is 1. The van der Waals surface area contributed by atoms with Crippen molar-refractivity contribution < 1.29 is 4.79 Å². The molecule has 23 heavy (non-hydrogen) atoms. The number of hydrogen-bond acceptors (Lipinski definition) is 5. The van der Waals surface area contributed by atoms with Gasteiger partial charge in [0.25, 0.3) is 0 Å². The van der Waals surface area contributed by atoms with Gasteiger partial charge in [-0.1, -0.05) is 30.3 Å². The smallest absolute Gasteiger partial charge is 0.302 e. The maximum Gasteiger partial charge on any atom is 0.302 e. The number of rotatable bonds is 5. The highest BCUT2D eigenvalue weighted by atomic mass is 35.5. The third kappa shape index (κ3) is 5.44. The van der Waals surface area contributed by atoms with E-state index in [2.05, 4.69) is 20.3 Å². The average Bonchev–Trinajstić information content (AvgIpc) is 2.47. The summed E-state index contributed by atoms with van der Waals surface area (Å²) >= 11 is 0. The van der Waals surface area contributed by atoms with Crippen LogP contribution in [0.4, 0.5) is 11.6 Å². The number of aromatic nitrogens is 2. The van der Waals surface area contributed by atoms with Crippen LogP contribution in [0.25, 0.3) is 0 Å². The Kier molecular flexibility index (Phi) is 6.75. The largest absolute Gasteiger partial charge is 0.382 e. The molecule has 122 valence electrons. The lowest BCUT2D eigenvalue weighted by Crippen LogP contribution is -2.24. The standard InChI is InChI=1S/C14H17N7O.ClH/c15-12-11(13(22)21-14(16)17)19-8-10(20-12)18-7-6-9-4-2-1-3-5-9;/h1-5,8H,6-7H2,(H3,15,18,20)(H4,16,17,21,22);1H. The fraction of sp³-hybridized carbons (Fsp3) is 0.143. The number of nitrogens with two attached hydrogens (primary N) is 3. The molecule has 0 aliphatic heterocycles. The maximum absolute atomic E-state index is 11.6. The van der Waals surface area contributed by atoms with Crippen LogP contribution in [0.3, 0.4) is 0 Å². The van der Waals surface area contributed by atoms with Crippen LogP contribution in [0, 0.1) is 0 Å². The number of anilines is 2. The molecule has 7 N–H and O–H groups in total. The number of guanidine groups is 1. The summed E-state index contributed by atoms with van der Waals surface area (Å²) in [4.78, 5) is 23.0. The molecule has 0 saturated heterocycles. The van der Waals surface area contributed by atoms with E-state index in [1.165, 1.54) is 11.8 Å². The van der Waals surface area contributed by atoms with Crippen molar-refractivity contribution >= 4 is 35.9 Å². The number of aliphatic imine (C=N–C) groups is 1. The first-order valence-electron chi connectivity index (χ1n) is 6.60. The number of nitrogens with zero attached hydrogens (tertiary/aromatic N) is 3. The molecule has 2 rings (SSSR count). The van der Waals surface area contributed by atoms with E-state index in [1.807, 2.05) is 30.3 Å². The Morgan fingerprint density at radius 2 is 1.91 bits per heavy atom. The summed E-state index contributed by atoms with van der Waals surface area (Å²) in [5.41, 5.74) is 17.1. The summed E-state index contributed by atoms with van der Waals surface area (Å²) in [6, 6.07) is 10.0. The summed E-state index contributed by atoms with van der Waals surface area (Å²) in [6.45, 7) is 0.666. The Bertz CT molecular complexity index is 687. The average molecular weight is 336 g/mol. The van der Waals surface area contributed by atoms with E-state index < -0.39 is 5.91 Å². The summed E-state index contributed by atoms with van der Waals surface area (Å²) < 4.78 is 0. The highest BCUT2D eigenvalue weighted by molar-refractivity contribution is 6.03. The third-order valence-corrected chi connectivity index (χ3v) is 2.80. The van der Waals surface area contributed by atoms with Crippen LogP contribution in [0.2, 0.25) is 0 Å². The predicted octanol–water partition coefficient (Wildman–Crippen LogP) is 0.549. The van der Waals surface area contributed by atoms with E-state index in [0.29, 0.717) is 12.4 Å². The van der Waals surface area contributed by atoms with Gasteiger partial charge in [0.15, 0.2) is 17.5 Å². The summed E-state index contributed by atoms with van der Waals surface area (Å²) in [5.74, 6) is -0.619. The molecule has 0 fully saturated rings. The van der Waals surface area contributed by atoms with Gasteiger partial charge >= 0.3 is 5.91 Å². The van der Waals surface area contributed by atoms with Gasteiger partial charge in [-0.2, -0.15) is 4.99 Å². The normalized spacial score (nSPS) is 9.57. The summed E-state index contributed by atoms with van der Waals surface area (Å²) in [7, 11) is 0. The zero-order chi connectivity index (χ0) is 15.9. The molecule has 1 heterocycles. The van der Waals surface area contributed by atoms with Gasteiger partial charge in [0.1, 0.15) is 5.82 Å². The minimum atomic E-state index is -0.721. The zero-order valence-electron chi connectivity index (χ0n) is 12.3. The molecule has 1 aromatic heterocycles. The summed E-state index contributed by atoms with van der Waals surface area (Å²) in [5, 5.41) is 3.09. The van der Waals surface area contributed by atoms with Crippen LogP contribution < -0.4 is 22.5 Å². The number of carbonyl (C=O) groups is 1. The van der Waals surface area contributed by atoms with Crippen molar-refractivity contribution in [1.82, 2.24) is 9.97 Å². The lowest BCUT2D eigenvalue weighted by Gasteiger charge is -2.07. The molecule has 0 saturated carbocycles. The lowest BCUT2D eigenvalue weighted by molar-refractivity contribution is 0.0998. The Balaban J connectivity index is 0.00000264. The molecule has 0 atom stereocenters. The van der Waals surface area contributed by atoms with Crippen LogP contribution in [0.1, 0.15) is 16.1 Å². The van der Waals surface area contributed by atoms with Crippen molar-refractivity contribution in [2.75, 3.05) is 17.6 Å². The van der Waals surface area contributed by atoms with E-state index >= 15 is 0 Å². The molecule has 0 aliphatic carbocycles. The molecular formula is C14H18ClN7O. The Morgan fingerprint density at radius 3 is 2.52 bits per heavy atom. The monoisotopic (exact) mass is 335 g/mol. The van der Waals surface area contributed by atoms with E-state index in [0.717, 1.165) is 6.42 Å². The van der Waals surface area contributed by atoms with Gasteiger partial charge in [0.05, 0.1) is 6.20 Å². The van der Waals surface area contributed by atoms with Crippen molar-refractivity contribution in [3.8, 4) is 0 Å². The highest BCUT2D eigenvalue weighted by Crippen LogP contribution is 2.11. The van der Waals surface area contributed by atoms with Crippen LogP contribution in [0.5, 0.6) is 0 Å². The van der Waals surface area contributed by atoms with Gasteiger partial charge < -0.3 is 22.5 Å². The first-order valence-corrected chi connectivity index (χ1v) is 6.60. The van der Waals surface area contributed by atoms with Crippen molar-refractivity contribution in [3.63, 3.8) is 0 Å². The Hall–Kier alpha value is -2.87. The summed E-state index contributed by atoms with van der Waals surface area (Å²) in [6.07, 6.45) is 2.24. The molecular weight excluding hydrogens is 318 g/mol. The van der Waals surface area contributed by atoms with Crippen molar-refractivity contribution in [1.29, 1.82) is 0 Å². The zero-order valence-corrected chi connectivity index (χ0v) is 13.1. The van der Waals surface area contributed by atoms with Gasteiger partial charge in [-0.25, -0.2) is 9.97 Å². The minimum absolute atomic E-state index is 0. The number of halogens is 1. The topological polar surface area (TPSA) is 145 Å². The first kappa shape index (κ1) is 18.2. The van der Waals surface area contributed by atoms with Crippen LogP contribution in [-0.2, 0) is 6.42 Å². The number of amides is 1. The molecule has 8 nitrogen and oxygen atoms in total. The second-order valence-electron chi connectivity index (χ2n) is 4.49. The number of carbonyl (C=O) groups excluding carboxylic acids is 1. The van der Waals surface area contributed by atoms with Gasteiger partial charge in [-0.15, -0.1) is 12.4 Å². The second kappa shape index (κ2) is 8.54. The first-order chi connectivity index (χ1) is 10.6. The molecule has 2 aromatic rings. The van der Waals surface area contributed by atoms with Crippen molar-refractivity contribution in [2.45, 2.75) is 6.42 Å². The van der Waals surface area contributed by atoms with Crippen molar-refractivity contribution in [2.24, 2.45) is 16.5 Å². The van der Waals surface area contributed by atoms with Crippen LogP contribution >= 0.6 is 12.4 Å². The van der Waals surface area contributed by atoms with E-state index in [9.17, 15) is 4.79 Å². The molecule has 0 spiro atoms. The molecule has 1 amide bonds. The Morgan fingerprint density at radius 1 is 1.22 bits per heavy atom. The van der Waals surface area contributed by atoms with Gasteiger partial charge in [-0.05, 0) is 12.0 Å². The number of benzene rings is 1. The highest BCUT2D eigenvalue weighted by Gasteiger charge is 2.12. The SMILES string of the molecule is Cl.NC(N)=NC(=O)c1ncc(NCCc2ccccc2)nc1N. The molecule has 1 aromatic carbocycles. The third-order valence-electron chi connectivity index (χ3n) is 2.80. The fourth-order valence-corrected chi connectivity index (χ4v) is 1.80. The van der Waals surface area contributed by atoms with E-state index in [4.69, 9.17) is 17.2 Å². The van der Waals surface area contributed by atoms with E-state index in [1.54, 1.807) is 0 Å².